The normalized spacial score (nSPS) is 10.9. The minimum atomic E-state index is -0.0731. The Labute approximate surface area is 202 Å². The Kier molecular flexibility index (Phi) is 7.11. The molecule has 1 amide bonds. The molecular weight excluding hydrogens is 448 g/mol. The van der Waals surface area contributed by atoms with Crippen LogP contribution in [-0.2, 0) is 11.3 Å². The maximum absolute atomic E-state index is 12.6. The summed E-state index contributed by atoms with van der Waals surface area (Å²) in [6, 6.07) is 16.3. The first-order chi connectivity index (χ1) is 16.0. The molecule has 7 heteroatoms. The molecule has 5 nitrogen and oxygen atoms in total. The summed E-state index contributed by atoms with van der Waals surface area (Å²) < 4.78 is 2.02. The van der Waals surface area contributed by atoms with Crippen molar-refractivity contribution in [2.75, 3.05) is 11.1 Å². The number of anilines is 1. The lowest BCUT2D eigenvalue weighted by molar-refractivity contribution is -0.113. The smallest absolute Gasteiger partial charge is 0.234 e. The van der Waals surface area contributed by atoms with Crippen molar-refractivity contribution >= 4 is 34.7 Å². The highest BCUT2D eigenvalue weighted by atomic mass is 32.2. The van der Waals surface area contributed by atoms with E-state index in [0.717, 1.165) is 33.8 Å². The third-order valence-corrected chi connectivity index (χ3v) is 7.02. The molecule has 0 fully saturated rings. The Balaban J connectivity index is 1.57. The van der Waals surface area contributed by atoms with Gasteiger partial charge in [-0.3, -0.25) is 9.36 Å². The molecule has 0 spiro atoms. The van der Waals surface area contributed by atoms with E-state index in [9.17, 15) is 4.79 Å². The zero-order chi connectivity index (χ0) is 23.4. The molecule has 2 aromatic heterocycles. The maximum atomic E-state index is 12.6. The van der Waals surface area contributed by atoms with E-state index in [1.807, 2.05) is 54.8 Å². The van der Waals surface area contributed by atoms with Crippen LogP contribution < -0.4 is 5.32 Å². The fourth-order valence-electron chi connectivity index (χ4n) is 3.85. The predicted molar refractivity (Wildman–Crippen MR) is 139 cm³/mol. The molecule has 0 atom stereocenters. The van der Waals surface area contributed by atoms with Gasteiger partial charge in [-0.2, -0.15) is 0 Å². The number of rotatable bonds is 8. The summed E-state index contributed by atoms with van der Waals surface area (Å²) in [5.41, 5.74) is 6.42. The van der Waals surface area contributed by atoms with E-state index in [1.165, 1.54) is 22.2 Å². The van der Waals surface area contributed by atoms with E-state index in [2.05, 4.69) is 52.6 Å². The zero-order valence-corrected chi connectivity index (χ0v) is 20.6. The summed E-state index contributed by atoms with van der Waals surface area (Å²) in [5.74, 6) is 0.961. The van der Waals surface area contributed by atoms with Gasteiger partial charge >= 0.3 is 0 Å². The average Bonchev–Trinajstić information content (AvgIpc) is 3.35. The van der Waals surface area contributed by atoms with Crippen molar-refractivity contribution in [2.24, 2.45) is 0 Å². The number of amides is 1. The summed E-state index contributed by atoms with van der Waals surface area (Å²) in [4.78, 5) is 13.8. The zero-order valence-electron chi connectivity index (χ0n) is 19.0. The molecule has 2 heterocycles. The lowest BCUT2D eigenvalue weighted by Crippen LogP contribution is -2.15. The summed E-state index contributed by atoms with van der Waals surface area (Å²) in [6.45, 7) is 10.6. The van der Waals surface area contributed by atoms with E-state index >= 15 is 0 Å². The van der Waals surface area contributed by atoms with Crippen molar-refractivity contribution in [3.8, 4) is 22.5 Å². The molecule has 0 aliphatic carbocycles. The molecule has 33 heavy (non-hydrogen) atoms. The van der Waals surface area contributed by atoms with Gasteiger partial charge in [0.15, 0.2) is 11.0 Å². The first-order valence-electron chi connectivity index (χ1n) is 10.6. The number of carbonyl (C=O) groups is 1. The summed E-state index contributed by atoms with van der Waals surface area (Å²) in [6.07, 6.45) is 1.83. The van der Waals surface area contributed by atoms with E-state index in [4.69, 9.17) is 0 Å². The number of hydrogen-bond donors (Lipinski definition) is 1. The van der Waals surface area contributed by atoms with Gasteiger partial charge in [-0.25, -0.2) is 0 Å². The van der Waals surface area contributed by atoms with E-state index < -0.39 is 0 Å². The van der Waals surface area contributed by atoms with Crippen LogP contribution in [-0.4, -0.2) is 26.4 Å². The third-order valence-electron chi connectivity index (χ3n) is 5.14. The van der Waals surface area contributed by atoms with Crippen molar-refractivity contribution < 1.29 is 4.79 Å². The van der Waals surface area contributed by atoms with Gasteiger partial charge in [0, 0.05) is 33.6 Å². The van der Waals surface area contributed by atoms with Gasteiger partial charge in [0.1, 0.15) is 0 Å². The summed E-state index contributed by atoms with van der Waals surface area (Å²) in [5, 5.41) is 14.7. The van der Waals surface area contributed by atoms with Crippen molar-refractivity contribution in [1.82, 2.24) is 14.8 Å². The van der Waals surface area contributed by atoms with Gasteiger partial charge in [-0.1, -0.05) is 54.2 Å². The van der Waals surface area contributed by atoms with Crippen molar-refractivity contribution in [1.29, 1.82) is 0 Å². The van der Waals surface area contributed by atoms with Crippen LogP contribution in [0.5, 0.6) is 0 Å². The number of hydrogen-bond acceptors (Lipinski definition) is 5. The van der Waals surface area contributed by atoms with Gasteiger partial charge in [0.05, 0.1) is 5.75 Å². The van der Waals surface area contributed by atoms with Gasteiger partial charge in [0.2, 0.25) is 5.91 Å². The number of aryl methyl sites for hydroxylation is 3. The summed E-state index contributed by atoms with van der Waals surface area (Å²) >= 11 is 3.08. The Morgan fingerprint density at radius 3 is 2.55 bits per heavy atom. The minimum absolute atomic E-state index is 0.0731. The summed E-state index contributed by atoms with van der Waals surface area (Å²) in [7, 11) is 0. The number of carbonyl (C=O) groups excluding carboxylic acids is 1. The average molecular weight is 475 g/mol. The molecule has 4 rings (SSSR count). The van der Waals surface area contributed by atoms with E-state index in [-0.39, 0.29) is 11.7 Å². The SMILES string of the molecule is C=CCn1c(SCC(=O)Nc2cc(C)cc(C)c2)nnc1-c1csc(C)c1-c1ccccc1. The number of thiophene rings is 1. The van der Waals surface area contributed by atoms with E-state index in [1.54, 1.807) is 11.3 Å². The molecule has 0 bridgehead atoms. The first-order valence-corrected chi connectivity index (χ1v) is 12.5. The molecule has 1 N–H and O–H groups in total. The monoisotopic (exact) mass is 474 g/mol. The quantitative estimate of drug-likeness (QED) is 0.233. The molecule has 0 radical (unpaired) electrons. The number of nitrogens with one attached hydrogen (secondary N) is 1. The highest BCUT2D eigenvalue weighted by Gasteiger charge is 2.20. The molecule has 2 aromatic carbocycles. The van der Waals surface area contributed by atoms with Crippen LogP contribution in [0.15, 0.2) is 71.7 Å². The second-order valence-corrected chi connectivity index (χ2v) is 9.89. The molecule has 0 saturated carbocycles. The lowest BCUT2D eigenvalue weighted by atomic mass is 10.0. The Bertz CT molecular complexity index is 1270. The second-order valence-electron chi connectivity index (χ2n) is 7.87. The fraction of sp³-hybridized carbons (Fsp3) is 0.192. The number of aromatic nitrogens is 3. The highest BCUT2D eigenvalue weighted by molar-refractivity contribution is 7.99. The van der Waals surface area contributed by atoms with Crippen LogP contribution in [0.4, 0.5) is 5.69 Å². The molecule has 0 aliphatic heterocycles. The Morgan fingerprint density at radius 2 is 1.85 bits per heavy atom. The standard InChI is InChI=1S/C26H26N4OS2/c1-5-11-30-25(22-15-32-19(4)24(22)20-9-7-6-8-10-20)28-29-26(30)33-16-23(31)27-21-13-17(2)12-18(3)14-21/h5-10,12-15H,1,11,16H2,2-4H3,(H,27,31). The number of nitrogens with zero attached hydrogens (tertiary/aromatic N) is 3. The lowest BCUT2D eigenvalue weighted by Gasteiger charge is -2.10. The Hall–Kier alpha value is -3.16. The van der Waals surface area contributed by atoms with Crippen LogP contribution in [0.2, 0.25) is 0 Å². The predicted octanol–water partition coefficient (Wildman–Crippen LogP) is 6.52. The maximum Gasteiger partial charge on any atom is 0.234 e. The topological polar surface area (TPSA) is 59.8 Å². The molecule has 0 unspecified atom stereocenters. The van der Waals surface area contributed by atoms with Crippen LogP contribution in [0, 0.1) is 20.8 Å². The number of allylic oxidation sites excluding steroid dienone is 1. The minimum Gasteiger partial charge on any atom is -0.325 e. The highest BCUT2D eigenvalue weighted by Crippen LogP contribution is 2.39. The largest absolute Gasteiger partial charge is 0.325 e. The molecule has 0 saturated heterocycles. The van der Waals surface area contributed by atoms with Crippen LogP contribution >= 0.6 is 23.1 Å². The third kappa shape index (κ3) is 5.26. The molecule has 168 valence electrons. The van der Waals surface area contributed by atoms with Crippen LogP contribution in [0.3, 0.4) is 0 Å². The molecule has 4 aromatic rings. The van der Waals surface area contributed by atoms with Crippen molar-refractivity contribution in [2.45, 2.75) is 32.5 Å². The first kappa shape index (κ1) is 23.0. The van der Waals surface area contributed by atoms with E-state index in [0.29, 0.717) is 11.7 Å². The van der Waals surface area contributed by atoms with Gasteiger partial charge in [-0.15, -0.1) is 28.1 Å². The molecular formula is C26H26N4OS2. The van der Waals surface area contributed by atoms with Crippen LogP contribution in [0.1, 0.15) is 16.0 Å². The van der Waals surface area contributed by atoms with Crippen LogP contribution in [0.25, 0.3) is 22.5 Å². The van der Waals surface area contributed by atoms with Crippen molar-refractivity contribution in [3.63, 3.8) is 0 Å². The van der Waals surface area contributed by atoms with Gasteiger partial charge in [0.25, 0.3) is 0 Å². The van der Waals surface area contributed by atoms with Gasteiger partial charge < -0.3 is 5.32 Å². The fourth-order valence-corrected chi connectivity index (χ4v) is 5.46. The molecule has 0 aliphatic rings. The second kappa shape index (κ2) is 10.2. The number of thioether (sulfide) groups is 1. The number of benzene rings is 2. The van der Waals surface area contributed by atoms with Gasteiger partial charge in [-0.05, 0) is 49.6 Å². The Morgan fingerprint density at radius 1 is 1.12 bits per heavy atom. The van der Waals surface area contributed by atoms with Crippen molar-refractivity contribution in [3.05, 3.63) is 82.6 Å².